The van der Waals surface area contributed by atoms with Gasteiger partial charge in [-0.05, 0) is 0 Å². The quantitative estimate of drug-likeness (QED) is 0.405. The monoisotopic (exact) mass is 490 g/mol. The molecule has 0 aliphatic carbocycles. The molecule has 0 saturated carbocycles. The molecule has 2 aliphatic rings. The molecule has 5 atom stereocenters. The second-order valence-corrected chi connectivity index (χ2v) is 10.4. The van der Waals surface area contributed by atoms with Crippen LogP contribution in [-0.4, -0.2) is 72.6 Å². The van der Waals surface area contributed by atoms with E-state index in [1.54, 1.807) is 20.8 Å². The van der Waals surface area contributed by atoms with Crippen LogP contribution in [0.3, 0.4) is 0 Å². The number of nitrogens with two attached hydrogens (primary N) is 1. The Bertz CT molecular complexity index is 1050. The molecule has 0 bridgehead atoms. The van der Waals surface area contributed by atoms with Crippen molar-refractivity contribution in [2.45, 2.75) is 57.8 Å². The van der Waals surface area contributed by atoms with Crippen molar-refractivity contribution < 1.29 is 37.7 Å². The number of carboxylic acid groups (broad SMARTS) is 1. The maximum atomic E-state index is 16.2. The number of hydrogen-bond acceptors (Lipinski definition) is 11. The van der Waals surface area contributed by atoms with Gasteiger partial charge in [0.25, 0.3) is 0 Å². The third kappa shape index (κ3) is 4.22. The number of alkyl halides is 1. The Hall–Kier alpha value is -2.22. The van der Waals surface area contributed by atoms with Crippen LogP contribution in [0, 0.1) is 5.92 Å². The number of nitrogens with one attached hydrogen (secondary N) is 1. The van der Waals surface area contributed by atoms with Gasteiger partial charge in [-0.25, -0.2) is 0 Å². The fourth-order valence-corrected chi connectivity index (χ4v) is 6.22. The summed E-state index contributed by atoms with van der Waals surface area (Å²) in [7, 11) is -4.24. The predicted molar refractivity (Wildman–Crippen MR) is 115 cm³/mol. The Balaban J connectivity index is 1.63. The third-order valence-corrected chi connectivity index (χ3v) is 7.43. The van der Waals surface area contributed by atoms with E-state index in [2.05, 4.69) is 20.0 Å². The molecule has 2 aliphatic heterocycles. The Morgan fingerprint density at radius 2 is 2.24 bits per heavy atom. The molecule has 0 amide bonds. The van der Waals surface area contributed by atoms with Crippen molar-refractivity contribution in [2.24, 2.45) is 5.92 Å². The van der Waals surface area contributed by atoms with Crippen molar-refractivity contribution in [3.8, 4) is 5.88 Å². The standard InChI is InChI=1S/C18H28FN6O7P/c1-5-29-14-11-13(22-17(20)23-14)25(7-21-11)16-18(4,19)12-9(31-16)6-30-33(28,32-12)24-10(8(2)3)15(26)27/h7-10,12,16,24,28,33H,5-6H2,1-4H3,(H,26,27)(H2,20,22,23)/t9-,10?,12-,16-,18-/m1/s1. The molecule has 2 saturated heterocycles. The van der Waals surface area contributed by atoms with Crippen molar-refractivity contribution in [3.63, 3.8) is 0 Å². The van der Waals surface area contributed by atoms with Crippen LogP contribution in [0.5, 0.6) is 5.88 Å². The SMILES string of the molecule is CCOc1nc(N)nc2c1ncn2[C@@H]1O[C@@H]2CO[PH](O)(NC(C(=O)O)C(C)C)O[C@H]2[C@@]1(C)F. The number of rotatable bonds is 7. The van der Waals surface area contributed by atoms with Gasteiger partial charge in [-0.2, -0.15) is 0 Å². The zero-order chi connectivity index (χ0) is 24.1. The first kappa shape index (κ1) is 23.9. The number of carboxylic acids is 1. The first-order valence-electron chi connectivity index (χ1n) is 10.5. The first-order chi connectivity index (χ1) is 15.5. The average Bonchev–Trinajstić information content (AvgIpc) is 3.24. The fourth-order valence-electron chi connectivity index (χ4n) is 4.03. The van der Waals surface area contributed by atoms with Crippen molar-refractivity contribution in [1.82, 2.24) is 24.6 Å². The molecule has 0 spiro atoms. The summed E-state index contributed by atoms with van der Waals surface area (Å²) < 4.78 is 40.0. The number of imidazole rings is 1. The van der Waals surface area contributed by atoms with Crippen LogP contribution in [-0.2, 0) is 18.6 Å². The maximum absolute atomic E-state index is 16.2. The van der Waals surface area contributed by atoms with Crippen LogP contribution in [0.4, 0.5) is 10.3 Å². The van der Waals surface area contributed by atoms with E-state index in [-0.39, 0.29) is 35.5 Å². The number of ether oxygens (including phenoxy) is 2. The molecule has 13 nitrogen and oxygen atoms in total. The molecule has 2 fully saturated rings. The van der Waals surface area contributed by atoms with Gasteiger partial charge in [0.05, 0.1) is 0 Å². The first-order valence-corrected chi connectivity index (χ1v) is 12.2. The number of aromatic nitrogens is 4. The van der Waals surface area contributed by atoms with Crippen molar-refractivity contribution in [1.29, 1.82) is 0 Å². The normalized spacial score (nSPS) is 30.8. The van der Waals surface area contributed by atoms with E-state index in [9.17, 15) is 14.8 Å². The molecular formula is C18H28FN6O7P. The molecule has 4 heterocycles. The van der Waals surface area contributed by atoms with Crippen LogP contribution >= 0.6 is 8.09 Å². The minimum absolute atomic E-state index is 0.0809. The van der Waals surface area contributed by atoms with E-state index in [4.69, 9.17) is 24.3 Å². The molecule has 0 aromatic carbocycles. The van der Waals surface area contributed by atoms with E-state index >= 15 is 4.39 Å². The average molecular weight is 490 g/mol. The number of nitrogen functional groups attached to an aromatic ring is 1. The molecule has 1 unspecified atom stereocenters. The number of halogens is 1. The summed E-state index contributed by atoms with van der Waals surface area (Å²) in [5.41, 5.74) is 4.10. The van der Waals surface area contributed by atoms with Gasteiger partial charge in [0.2, 0.25) is 0 Å². The van der Waals surface area contributed by atoms with Crippen LogP contribution in [0.2, 0.25) is 0 Å². The van der Waals surface area contributed by atoms with Gasteiger partial charge in [-0.1, -0.05) is 0 Å². The Morgan fingerprint density at radius 3 is 2.88 bits per heavy atom. The second-order valence-electron chi connectivity index (χ2n) is 8.46. The summed E-state index contributed by atoms with van der Waals surface area (Å²) in [4.78, 5) is 34.8. The van der Waals surface area contributed by atoms with Crippen molar-refractivity contribution in [3.05, 3.63) is 6.33 Å². The van der Waals surface area contributed by atoms with Crippen LogP contribution < -0.4 is 15.6 Å². The summed E-state index contributed by atoms with van der Waals surface area (Å²) in [5, 5.41) is 12.0. The number of carbonyl (C=O) groups is 1. The van der Waals surface area contributed by atoms with Gasteiger partial charge in [0, 0.05) is 0 Å². The molecule has 5 N–H and O–H groups in total. The number of fused-ring (bicyclic) bond motifs is 2. The van der Waals surface area contributed by atoms with E-state index in [1.807, 2.05) is 0 Å². The molecule has 0 radical (unpaired) electrons. The number of anilines is 1. The van der Waals surface area contributed by atoms with Crippen molar-refractivity contribution >= 4 is 31.2 Å². The summed E-state index contributed by atoms with van der Waals surface area (Å²) in [6, 6.07) is -1.14. The predicted octanol–water partition coefficient (Wildman–Crippen LogP) is 0.949. The minimum atomic E-state index is -4.24. The van der Waals surface area contributed by atoms with Gasteiger partial charge >= 0.3 is 188 Å². The zero-order valence-electron chi connectivity index (χ0n) is 18.6. The number of hydrogen-bond donors (Lipinski definition) is 4. The Labute approximate surface area is 189 Å². The summed E-state index contributed by atoms with van der Waals surface area (Å²) >= 11 is 0. The van der Waals surface area contributed by atoms with Gasteiger partial charge in [0.1, 0.15) is 0 Å². The van der Waals surface area contributed by atoms with E-state index in [0.717, 1.165) is 0 Å². The molecule has 184 valence electrons. The van der Waals surface area contributed by atoms with Crippen LogP contribution in [0.15, 0.2) is 6.33 Å². The summed E-state index contributed by atoms with van der Waals surface area (Å²) in [5.74, 6) is -1.48. The van der Waals surface area contributed by atoms with Gasteiger partial charge < -0.3 is 0 Å². The van der Waals surface area contributed by atoms with Gasteiger partial charge in [-0.3, -0.25) is 0 Å². The van der Waals surface area contributed by atoms with Crippen molar-refractivity contribution in [2.75, 3.05) is 18.9 Å². The summed E-state index contributed by atoms with van der Waals surface area (Å²) in [6.45, 7) is 6.48. The van der Waals surface area contributed by atoms with Gasteiger partial charge in [0.15, 0.2) is 0 Å². The fraction of sp³-hybridized carbons (Fsp3) is 0.667. The van der Waals surface area contributed by atoms with E-state index < -0.39 is 44.2 Å². The van der Waals surface area contributed by atoms with E-state index in [1.165, 1.54) is 17.8 Å². The second kappa shape index (κ2) is 8.53. The van der Waals surface area contributed by atoms with Gasteiger partial charge in [-0.15, -0.1) is 0 Å². The number of nitrogens with zero attached hydrogens (tertiary/aromatic N) is 4. The van der Waals surface area contributed by atoms with Crippen LogP contribution in [0.25, 0.3) is 11.2 Å². The zero-order valence-corrected chi connectivity index (χ0v) is 19.6. The van der Waals surface area contributed by atoms with E-state index in [0.29, 0.717) is 6.61 Å². The molecule has 15 heteroatoms. The molecule has 2 aromatic heterocycles. The molecule has 2 aromatic rings. The summed E-state index contributed by atoms with van der Waals surface area (Å²) in [6.07, 6.45) is -2.03. The molecular weight excluding hydrogens is 462 g/mol. The number of aliphatic carboxylic acids is 1. The Kier molecular flexibility index (Phi) is 6.18. The third-order valence-electron chi connectivity index (χ3n) is 5.62. The Morgan fingerprint density at radius 1 is 1.52 bits per heavy atom. The molecule has 4 rings (SSSR count). The topological polar surface area (TPSA) is 176 Å². The van der Waals surface area contributed by atoms with Crippen LogP contribution in [0.1, 0.15) is 33.9 Å². The molecule has 33 heavy (non-hydrogen) atoms.